The topological polar surface area (TPSA) is 326 Å². The number of nitrogen functional groups attached to an aromatic ring is 1. The highest BCUT2D eigenvalue weighted by Crippen LogP contribution is 2.48. The van der Waals surface area contributed by atoms with E-state index in [9.17, 15) is 59.6 Å². The minimum Gasteiger partial charge on any atom is -0.756 e. The van der Waals surface area contributed by atoms with E-state index in [1.807, 2.05) is 0 Å². The number of ether oxygens (including phenoxy) is 2. The number of nitrogens with two attached hydrogens (primary N) is 1. The minimum absolute atomic E-state index is 0.143. The number of rotatable bonds is 13. The Morgan fingerprint density at radius 3 is 2.55 bits per heavy atom. The molecule has 3 rings (SSSR count). The van der Waals surface area contributed by atoms with Gasteiger partial charge < -0.3 is 65.7 Å². The first-order chi connectivity index (χ1) is 20.5. The lowest BCUT2D eigenvalue weighted by atomic mass is 9.88. The van der Waals surface area contributed by atoms with Crippen molar-refractivity contribution in [2.45, 2.75) is 87.5 Å². The Bertz CT molecular complexity index is 1280. The number of carboxylic acid groups (broad SMARTS) is 1. The summed E-state index contributed by atoms with van der Waals surface area (Å²) in [5.41, 5.74) is 4.46. The summed E-state index contributed by atoms with van der Waals surface area (Å²) in [6, 6.07) is -0.399. The summed E-state index contributed by atoms with van der Waals surface area (Å²) in [6.45, 7) is 1.07. The van der Waals surface area contributed by atoms with Crippen molar-refractivity contribution >= 4 is 25.5 Å². The number of phosphoric acid groups is 1. The maximum atomic E-state index is 12.8. The molecule has 2 saturated heterocycles. The lowest BCUT2D eigenvalue weighted by Crippen LogP contribution is -2.68. The van der Waals surface area contributed by atoms with Crippen molar-refractivity contribution < 1.29 is 73.3 Å². The van der Waals surface area contributed by atoms with Crippen LogP contribution in [0.25, 0.3) is 0 Å². The molecule has 20 nitrogen and oxygen atoms in total. The number of carbonyl (C=O) groups is 2. The number of aliphatic hydroxyl groups excluding tert-OH is 6. The van der Waals surface area contributed by atoms with E-state index in [1.165, 1.54) is 13.0 Å². The number of amides is 1. The van der Waals surface area contributed by atoms with E-state index in [0.717, 1.165) is 10.8 Å². The molecule has 0 bridgehead atoms. The second kappa shape index (κ2) is 14.2. The number of anilines is 1. The van der Waals surface area contributed by atoms with Gasteiger partial charge in [-0.1, -0.05) is 13.8 Å². The van der Waals surface area contributed by atoms with Crippen molar-refractivity contribution in [1.29, 1.82) is 0 Å². The lowest BCUT2D eigenvalue weighted by molar-refractivity contribution is -0.313. The van der Waals surface area contributed by atoms with E-state index < -0.39 is 112 Å². The number of aliphatic hydroxyl groups is 6. The third-order valence-electron chi connectivity index (χ3n) is 7.30. The van der Waals surface area contributed by atoms with Crippen molar-refractivity contribution in [3.63, 3.8) is 0 Å². The molecule has 21 heteroatoms. The molecule has 250 valence electrons. The van der Waals surface area contributed by atoms with Gasteiger partial charge in [0.25, 0.3) is 13.6 Å². The van der Waals surface area contributed by atoms with Crippen molar-refractivity contribution in [3.05, 3.63) is 22.7 Å². The fourth-order valence-corrected chi connectivity index (χ4v) is 5.50. The molecule has 8 unspecified atom stereocenters. The van der Waals surface area contributed by atoms with Crippen LogP contribution in [-0.4, -0.2) is 125 Å². The number of aliphatic carboxylic acids is 1. The number of hydrogen-bond donors (Lipinski definition) is 9. The quantitative estimate of drug-likeness (QED) is 0.0899. The van der Waals surface area contributed by atoms with Gasteiger partial charge >= 0.3 is 11.7 Å². The Balaban J connectivity index is 1.80. The van der Waals surface area contributed by atoms with Crippen LogP contribution in [0.5, 0.6) is 0 Å². The molecule has 2 aliphatic heterocycles. The fraction of sp³-hybridized carbons (Fsp3) is 0.739. The molecule has 0 aromatic carbocycles. The lowest BCUT2D eigenvalue weighted by Gasteiger charge is -2.47. The van der Waals surface area contributed by atoms with Crippen LogP contribution in [0.3, 0.4) is 0 Å². The van der Waals surface area contributed by atoms with E-state index in [4.69, 9.17) is 24.3 Å². The fourth-order valence-electron chi connectivity index (χ4n) is 4.57. The summed E-state index contributed by atoms with van der Waals surface area (Å²) < 4.78 is 33.7. The summed E-state index contributed by atoms with van der Waals surface area (Å²) in [5.74, 6) is -6.81. The van der Waals surface area contributed by atoms with Crippen LogP contribution in [0.2, 0.25) is 0 Å². The van der Waals surface area contributed by atoms with Gasteiger partial charge in [-0.25, -0.2) is 9.59 Å². The summed E-state index contributed by atoms with van der Waals surface area (Å²) in [6.07, 6.45) is -14.6. The van der Waals surface area contributed by atoms with Crippen LogP contribution in [-0.2, 0) is 32.7 Å². The highest BCUT2D eigenvalue weighted by molar-refractivity contribution is 7.45. The zero-order valence-electron chi connectivity index (χ0n) is 23.5. The van der Waals surface area contributed by atoms with Crippen LogP contribution < -0.4 is 21.6 Å². The molecule has 3 heterocycles. The molecule has 0 radical (unpaired) electrons. The van der Waals surface area contributed by atoms with E-state index in [0.29, 0.717) is 6.42 Å². The summed E-state index contributed by atoms with van der Waals surface area (Å²) in [7, 11) is -5.79. The summed E-state index contributed by atoms with van der Waals surface area (Å²) in [4.78, 5) is 53.2. The Morgan fingerprint density at radius 1 is 1.32 bits per heavy atom. The smallest absolute Gasteiger partial charge is 0.364 e. The third kappa shape index (κ3) is 7.79. The zero-order chi connectivity index (χ0) is 33.1. The highest BCUT2D eigenvalue weighted by atomic mass is 31.2. The average molecular weight is 656 g/mol. The molecular formula is C23H36N4O16P-. The standard InChI is InChI=1S/C23H37N4O16P/c1-3-9(2)19(34)26-14-10(29)6-23(21(35)36,42-18(14)15(31)11(30)7-28)43-44(38,39)40-8-12-16(32)17(33)20(41-12)27-5-4-13(24)25-22(27)37/h4-5,9-12,14-18,20,28-33H,3,6-8H2,1-2H3,(H,26,34)(H,35,36)(H,38,39)(H2,24,25,37)/p-1/t9?,10?,11?,12-,14?,15?,16-,17-,18?,20-,23?/m1/s1. The molecule has 44 heavy (non-hydrogen) atoms. The first kappa shape index (κ1) is 35.9. The van der Waals surface area contributed by atoms with Gasteiger partial charge in [0, 0.05) is 18.5 Å². The molecular weight excluding hydrogens is 619 g/mol. The first-order valence-electron chi connectivity index (χ1n) is 13.4. The van der Waals surface area contributed by atoms with Crippen LogP contribution in [0, 0.1) is 5.92 Å². The Labute approximate surface area is 249 Å². The van der Waals surface area contributed by atoms with Crippen molar-refractivity contribution in [2.24, 2.45) is 5.92 Å². The maximum absolute atomic E-state index is 12.8. The van der Waals surface area contributed by atoms with Gasteiger partial charge in [-0.15, -0.1) is 0 Å². The number of carbonyl (C=O) groups excluding carboxylic acids is 1. The molecule has 0 spiro atoms. The van der Waals surface area contributed by atoms with Gasteiger partial charge in [0.15, 0.2) is 6.23 Å². The first-order valence-corrected chi connectivity index (χ1v) is 14.8. The molecule has 0 aliphatic carbocycles. The van der Waals surface area contributed by atoms with Crippen LogP contribution >= 0.6 is 7.82 Å². The molecule has 10 N–H and O–H groups in total. The molecule has 2 fully saturated rings. The Hall–Kier alpha value is -2.59. The van der Waals surface area contributed by atoms with E-state index in [-0.39, 0.29) is 5.82 Å². The molecule has 1 amide bonds. The van der Waals surface area contributed by atoms with E-state index >= 15 is 0 Å². The van der Waals surface area contributed by atoms with Gasteiger partial charge in [-0.3, -0.25) is 18.5 Å². The predicted molar refractivity (Wildman–Crippen MR) is 140 cm³/mol. The number of phosphoric ester groups is 1. The van der Waals surface area contributed by atoms with Crippen molar-refractivity contribution in [2.75, 3.05) is 18.9 Å². The largest absolute Gasteiger partial charge is 0.756 e. The molecule has 2 aliphatic rings. The number of carboxylic acids is 1. The van der Waals surface area contributed by atoms with Gasteiger partial charge in [-0.05, 0) is 12.5 Å². The Morgan fingerprint density at radius 2 is 1.98 bits per heavy atom. The predicted octanol–water partition coefficient (Wildman–Crippen LogP) is -4.88. The second-order valence-corrected chi connectivity index (χ2v) is 11.8. The SMILES string of the molecule is CCC(C)C(=O)NC1C(O)CC(OP(=O)([O-])OC[C@H]2O[C@@H](n3ccc(N)nc3=O)[C@H](O)[C@@H]2O)(C(=O)O)OC1C(O)C(O)CO. The number of hydrogen-bond acceptors (Lipinski definition) is 17. The summed E-state index contributed by atoms with van der Waals surface area (Å²) in [5, 5.41) is 73.7. The third-order valence-corrected chi connectivity index (χ3v) is 8.29. The monoisotopic (exact) mass is 655 g/mol. The molecule has 0 saturated carbocycles. The van der Waals surface area contributed by atoms with Crippen molar-refractivity contribution in [1.82, 2.24) is 14.9 Å². The molecule has 1 aromatic heterocycles. The normalized spacial score (nSPS) is 34.1. The van der Waals surface area contributed by atoms with Gasteiger partial charge in [0.05, 0.1) is 25.4 Å². The van der Waals surface area contributed by atoms with E-state index in [2.05, 4.69) is 10.3 Å². The van der Waals surface area contributed by atoms with E-state index in [1.54, 1.807) is 6.92 Å². The molecule has 1 aromatic rings. The van der Waals surface area contributed by atoms with Crippen LogP contribution in [0.15, 0.2) is 17.1 Å². The summed E-state index contributed by atoms with van der Waals surface area (Å²) >= 11 is 0. The van der Waals surface area contributed by atoms with Crippen LogP contribution in [0.4, 0.5) is 5.82 Å². The highest BCUT2D eigenvalue weighted by Gasteiger charge is 2.57. The average Bonchev–Trinajstić information content (AvgIpc) is 3.24. The maximum Gasteiger partial charge on any atom is 0.364 e. The molecule has 12 atom stereocenters. The number of nitrogens with one attached hydrogen (secondary N) is 1. The van der Waals surface area contributed by atoms with Gasteiger partial charge in [0.2, 0.25) is 5.91 Å². The zero-order valence-corrected chi connectivity index (χ0v) is 24.4. The van der Waals surface area contributed by atoms with Gasteiger partial charge in [-0.2, -0.15) is 4.98 Å². The second-order valence-electron chi connectivity index (χ2n) is 10.4. The minimum atomic E-state index is -5.79. The van der Waals surface area contributed by atoms with Crippen LogP contribution in [0.1, 0.15) is 32.9 Å². The number of aromatic nitrogens is 2. The van der Waals surface area contributed by atoms with Crippen molar-refractivity contribution in [3.8, 4) is 0 Å². The Kier molecular flexibility index (Phi) is 11.6. The van der Waals surface area contributed by atoms with Gasteiger partial charge in [0.1, 0.15) is 42.4 Å². The number of nitrogens with zero attached hydrogens (tertiary/aromatic N) is 2.